The normalized spacial score (nSPS) is 10.8. The molecule has 0 amide bonds. The molecule has 5 nitrogen and oxygen atoms in total. The molecule has 0 saturated carbocycles. The summed E-state index contributed by atoms with van der Waals surface area (Å²) in [6.45, 7) is 0.820. The highest BCUT2D eigenvalue weighted by Crippen LogP contribution is 2.18. The average molecular weight is 253 g/mol. The maximum absolute atomic E-state index is 4.30. The summed E-state index contributed by atoms with van der Waals surface area (Å²) in [5.41, 5.74) is 2.16. The van der Waals surface area contributed by atoms with E-state index < -0.39 is 0 Å². The highest BCUT2D eigenvalue weighted by Gasteiger charge is 2.03. The zero-order valence-electron chi connectivity index (χ0n) is 10.7. The molecule has 0 bridgehead atoms. The molecule has 0 saturated heterocycles. The zero-order valence-corrected chi connectivity index (χ0v) is 10.7. The van der Waals surface area contributed by atoms with E-state index in [1.165, 1.54) is 5.69 Å². The first-order valence-electron chi connectivity index (χ1n) is 6.25. The predicted molar refractivity (Wildman–Crippen MR) is 74.9 cm³/mol. The minimum Gasteiger partial charge on any atom is -0.369 e. The number of hydrogen-bond donors (Lipinski definition) is 1. The Hall–Kier alpha value is -2.43. The van der Waals surface area contributed by atoms with Crippen molar-refractivity contribution in [1.82, 2.24) is 19.7 Å². The van der Waals surface area contributed by atoms with Gasteiger partial charge in [-0.15, -0.1) is 0 Å². The van der Waals surface area contributed by atoms with Crippen molar-refractivity contribution in [3.8, 4) is 0 Å². The monoisotopic (exact) mass is 253 g/mol. The molecule has 0 aliphatic carbocycles. The first-order chi connectivity index (χ1) is 9.34. The second-order valence-electron chi connectivity index (χ2n) is 4.36. The summed E-state index contributed by atoms with van der Waals surface area (Å²) < 4.78 is 1.89. The number of nitrogens with zero attached hydrogens (tertiary/aromatic N) is 4. The van der Waals surface area contributed by atoms with Gasteiger partial charge in [-0.25, -0.2) is 9.97 Å². The third-order valence-corrected chi connectivity index (χ3v) is 3.14. The molecule has 3 aromatic rings. The number of benzene rings is 1. The number of nitrogens with one attached hydrogen (secondary N) is 1. The van der Waals surface area contributed by atoms with Crippen molar-refractivity contribution in [2.75, 3.05) is 11.9 Å². The van der Waals surface area contributed by atoms with Crippen LogP contribution in [0.3, 0.4) is 0 Å². The maximum atomic E-state index is 4.30. The van der Waals surface area contributed by atoms with Crippen LogP contribution in [0.1, 0.15) is 5.69 Å². The Bertz CT molecular complexity index is 684. The minimum atomic E-state index is 0.820. The van der Waals surface area contributed by atoms with E-state index >= 15 is 0 Å². The van der Waals surface area contributed by atoms with Gasteiger partial charge in [0.05, 0.1) is 5.52 Å². The fourth-order valence-corrected chi connectivity index (χ4v) is 2.10. The van der Waals surface area contributed by atoms with Gasteiger partial charge in [0.25, 0.3) is 0 Å². The van der Waals surface area contributed by atoms with Crippen molar-refractivity contribution < 1.29 is 0 Å². The number of fused-ring (bicyclic) bond motifs is 1. The van der Waals surface area contributed by atoms with E-state index in [1.807, 2.05) is 48.3 Å². The SMILES string of the molecule is Cn1nccc1CCNc1ncnc2ccccc12. The van der Waals surface area contributed by atoms with Crippen molar-refractivity contribution in [2.24, 2.45) is 7.05 Å². The molecule has 19 heavy (non-hydrogen) atoms. The lowest BCUT2D eigenvalue weighted by atomic mass is 10.2. The molecule has 3 rings (SSSR count). The van der Waals surface area contributed by atoms with Gasteiger partial charge in [0.1, 0.15) is 12.1 Å². The van der Waals surface area contributed by atoms with Gasteiger partial charge in [-0.05, 0) is 18.2 Å². The number of aryl methyl sites for hydroxylation is 1. The van der Waals surface area contributed by atoms with Crippen LogP contribution < -0.4 is 5.32 Å². The van der Waals surface area contributed by atoms with Gasteiger partial charge >= 0.3 is 0 Å². The molecular formula is C14H15N5. The quantitative estimate of drug-likeness (QED) is 0.773. The van der Waals surface area contributed by atoms with Gasteiger partial charge in [0.15, 0.2) is 0 Å². The standard InChI is InChI=1S/C14H15N5/c1-19-11(7-9-18-19)6-8-15-14-12-4-2-3-5-13(12)16-10-17-14/h2-5,7,9-10H,6,8H2,1H3,(H,15,16,17). The van der Waals surface area contributed by atoms with Crippen molar-refractivity contribution in [1.29, 1.82) is 0 Å². The molecular weight excluding hydrogens is 238 g/mol. The van der Waals surface area contributed by atoms with Gasteiger partial charge in [0, 0.05) is 37.3 Å². The van der Waals surface area contributed by atoms with Gasteiger partial charge < -0.3 is 5.32 Å². The maximum Gasteiger partial charge on any atom is 0.137 e. The Kier molecular flexibility index (Phi) is 3.10. The van der Waals surface area contributed by atoms with Crippen LogP contribution in [0.15, 0.2) is 42.9 Å². The van der Waals surface area contributed by atoms with Crippen LogP contribution in [0.25, 0.3) is 10.9 Å². The first kappa shape index (κ1) is 11.6. The van der Waals surface area contributed by atoms with Crippen LogP contribution in [0.2, 0.25) is 0 Å². The molecule has 0 aliphatic rings. The van der Waals surface area contributed by atoms with Gasteiger partial charge in [-0.3, -0.25) is 4.68 Å². The molecule has 0 spiro atoms. The zero-order chi connectivity index (χ0) is 13.1. The fourth-order valence-electron chi connectivity index (χ4n) is 2.10. The van der Waals surface area contributed by atoms with Crippen LogP contribution in [0.5, 0.6) is 0 Å². The number of aromatic nitrogens is 4. The third kappa shape index (κ3) is 2.40. The van der Waals surface area contributed by atoms with Crippen LogP contribution in [-0.2, 0) is 13.5 Å². The van der Waals surface area contributed by atoms with E-state index in [2.05, 4.69) is 20.4 Å². The van der Waals surface area contributed by atoms with Gasteiger partial charge in [-0.2, -0.15) is 5.10 Å². The van der Waals surface area contributed by atoms with Gasteiger partial charge in [0.2, 0.25) is 0 Å². The molecule has 1 aromatic carbocycles. The van der Waals surface area contributed by atoms with E-state index in [4.69, 9.17) is 0 Å². The molecule has 0 unspecified atom stereocenters. The largest absolute Gasteiger partial charge is 0.369 e. The Balaban J connectivity index is 1.74. The van der Waals surface area contributed by atoms with E-state index in [9.17, 15) is 0 Å². The lowest BCUT2D eigenvalue weighted by Crippen LogP contribution is -2.09. The summed E-state index contributed by atoms with van der Waals surface area (Å²) in [5, 5.41) is 8.57. The van der Waals surface area contributed by atoms with Crippen LogP contribution in [0, 0.1) is 0 Å². The van der Waals surface area contributed by atoms with Crippen molar-refractivity contribution in [2.45, 2.75) is 6.42 Å². The Morgan fingerprint density at radius 2 is 2.05 bits per heavy atom. The van der Waals surface area contributed by atoms with Crippen molar-refractivity contribution >= 4 is 16.7 Å². The lowest BCUT2D eigenvalue weighted by molar-refractivity contribution is 0.711. The highest BCUT2D eigenvalue weighted by molar-refractivity contribution is 5.88. The topological polar surface area (TPSA) is 55.6 Å². The van der Waals surface area contributed by atoms with E-state index in [1.54, 1.807) is 6.33 Å². The Morgan fingerprint density at radius 1 is 1.16 bits per heavy atom. The third-order valence-electron chi connectivity index (χ3n) is 3.14. The second-order valence-corrected chi connectivity index (χ2v) is 4.36. The summed E-state index contributed by atoms with van der Waals surface area (Å²) in [6, 6.07) is 10.0. The van der Waals surface area contributed by atoms with Crippen LogP contribution in [-0.4, -0.2) is 26.3 Å². The second kappa shape index (κ2) is 5.06. The first-order valence-corrected chi connectivity index (χ1v) is 6.25. The summed E-state index contributed by atoms with van der Waals surface area (Å²) in [7, 11) is 1.95. The number of rotatable bonds is 4. The van der Waals surface area contributed by atoms with E-state index in [0.29, 0.717) is 0 Å². The lowest BCUT2D eigenvalue weighted by Gasteiger charge is -2.08. The molecule has 0 fully saturated rings. The van der Waals surface area contributed by atoms with Crippen molar-refractivity contribution in [3.63, 3.8) is 0 Å². The smallest absolute Gasteiger partial charge is 0.137 e. The molecule has 0 atom stereocenters. The molecule has 2 heterocycles. The summed E-state index contributed by atoms with van der Waals surface area (Å²) in [5.74, 6) is 0.882. The Morgan fingerprint density at radius 3 is 2.89 bits per heavy atom. The van der Waals surface area contributed by atoms with E-state index in [-0.39, 0.29) is 0 Å². The molecule has 2 aromatic heterocycles. The molecule has 0 aliphatic heterocycles. The summed E-state index contributed by atoms with van der Waals surface area (Å²) in [4.78, 5) is 8.55. The fraction of sp³-hybridized carbons (Fsp3) is 0.214. The number of hydrogen-bond acceptors (Lipinski definition) is 4. The van der Waals surface area contributed by atoms with Crippen molar-refractivity contribution in [3.05, 3.63) is 48.5 Å². The number of para-hydroxylation sites is 1. The molecule has 5 heteroatoms. The summed E-state index contributed by atoms with van der Waals surface area (Å²) >= 11 is 0. The van der Waals surface area contributed by atoms with Crippen LogP contribution in [0.4, 0.5) is 5.82 Å². The minimum absolute atomic E-state index is 0.820. The molecule has 1 N–H and O–H groups in total. The predicted octanol–water partition coefficient (Wildman–Crippen LogP) is 2.02. The average Bonchev–Trinajstić information content (AvgIpc) is 2.85. The van der Waals surface area contributed by atoms with Gasteiger partial charge in [-0.1, -0.05) is 12.1 Å². The molecule has 0 radical (unpaired) electrons. The Labute approximate surface area is 111 Å². The highest BCUT2D eigenvalue weighted by atomic mass is 15.3. The van der Waals surface area contributed by atoms with E-state index in [0.717, 1.165) is 29.7 Å². The number of anilines is 1. The molecule has 96 valence electrons. The summed E-state index contributed by atoms with van der Waals surface area (Å²) in [6.07, 6.45) is 4.32. The van der Waals surface area contributed by atoms with Crippen LogP contribution >= 0.6 is 0 Å².